The van der Waals surface area contributed by atoms with Crippen LogP contribution in [0.2, 0.25) is 0 Å². The predicted molar refractivity (Wildman–Crippen MR) is 75.2 cm³/mol. The van der Waals surface area contributed by atoms with E-state index in [4.69, 9.17) is 5.73 Å². The Labute approximate surface area is 109 Å². The summed E-state index contributed by atoms with van der Waals surface area (Å²) in [7, 11) is 0. The first kappa shape index (κ1) is 14.8. The molecule has 1 fully saturated rings. The van der Waals surface area contributed by atoms with Gasteiger partial charge in [0.15, 0.2) is 0 Å². The Hall–Kier alpha value is -0.220. The molecule has 0 spiro atoms. The fourth-order valence-electron chi connectivity index (χ4n) is 2.47. The zero-order valence-electron chi connectivity index (χ0n) is 11.1. The van der Waals surface area contributed by atoms with Crippen LogP contribution in [0, 0.1) is 5.92 Å². The second kappa shape index (κ2) is 7.98. The minimum Gasteiger partial charge on any atom is -0.352 e. The molecule has 0 bridgehead atoms. The van der Waals surface area contributed by atoms with Crippen LogP contribution in [0.3, 0.4) is 0 Å². The highest BCUT2D eigenvalue weighted by atomic mass is 32.2. The van der Waals surface area contributed by atoms with E-state index in [1.165, 1.54) is 19.3 Å². The Balaban J connectivity index is 2.38. The fourth-order valence-corrected chi connectivity index (χ4v) is 3.40. The van der Waals surface area contributed by atoms with Gasteiger partial charge in [-0.1, -0.05) is 26.2 Å². The maximum atomic E-state index is 11.9. The molecule has 1 aliphatic carbocycles. The monoisotopic (exact) mass is 258 g/mol. The molecule has 0 heterocycles. The van der Waals surface area contributed by atoms with Gasteiger partial charge in [0.05, 0.1) is 0 Å². The Morgan fingerprint density at radius 1 is 1.47 bits per heavy atom. The number of carbonyl (C=O) groups excluding carboxylic acids is 1. The normalized spacial score (nSPS) is 26.5. The molecule has 3 nitrogen and oxygen atoms in total. The van der Waals surface area contributed by atoms with Crippen molar-refractivity contribution < 1.29 is 4.79 Å². The Morgan fingerprint density at radius 2 is 2.18 bits per heavy atom. The van der Waals surface area contributed by atoms with Crippen molar-refractivity contribution in [2.45, 2.75) is 56.7 Å². The average Bonchev–Trinajstić information content (AvgIpc) is 2.36. The molecule has 4 heteroatoms. The van der Waals surface area contributed by atoms with Crippen molar-refractivity contribution in [2.24, 2.45) is 11.7 Å². The summed E-state index contributed by atoms with van der Waals surface area (Å²) in [5, 5.41) is 3.81. The highest BCUT2D eigenvalue weighted by molar-refractivity contribution is 7.99. The second-order valence-electron chi connectivity index (χ2n) is 4.95. The van der Waals surface area contributed by atoms with E-state index in [-0.39, 0.29) is 5.91 Å². The minimum atomic E-state index is 0.188. The molecule has 1 aliphatic rings. The quantitative estimate of drug-likeness (QED) is 0.767. The van der Waals surface area contributed by atoms with Crippen molar-refractivity contribution in [2.75, 3.05) is 12.8 Å². The molecule has 3 N–H and O–H groups in total. The van der Waals surface area contributed by atoms with E-state index in [0.717, 1.165) is 12.8 Å². The molecular formula is C13H26N2OS. The molecule has 0 radical (unpaired) electrons. The summed E-state index contributed by atoms with van der Waals surface area (Å²) in [6, 6.07) is 0.376. The summed E-state index contributed by atoms with van der Waals surface area (Å²) in [6.07, 6.45) is 8.64. The summed E-state index contributed by atoms with van der Waals surface area (Å²) in [5.74, 6) is 0.527. The van der Waals surface area contributed by atoms with Crippen LogP contribution in [0.4, 0.5) is 0 Å². The minimum absolute atomic E-state index is 0.188. The molecule has 100 valence electrons. The van der Waals surface area contributed by atoms with E-state index in [0.29, 0.717) is 30.2 Å². The summed E-state index contributed by atoms with van der Waals surface area (Å²) in [4.78, 5) is 11.9. The number of hydrogen-bond donors (Lipinski definition) is 2. The van der Waals surface area contributed by atoms with Crippen molar-refractivity contribution >= 4 is 17.7 Å². The second-order valence-corrected chi connectivity index (χ2v) is 6.02. The smallest absolute Gasteiger partial charge is 0.220 e. The molecule has 0 aromatic heterocycles. The van der Waals surface area contributed by atoms with Crippen LogP contribution >= 0.6 is 11.8 Å². The number of carbonyl (C=O) groups is 1. The van der Waals surface area contributed by atoms with E-state index in [9.17, 15) is 4.79 Å². The van der Waals surface area contributed by atoms with Crippen molar-refractivity contribution in [1.29, 1.82) is 0 Å². The Bertz CT molecular complexity index is 231. The first-order valence-electron chi connectivity index (χ1n) is 6.73. The topological polar surface area (TPSA) is 55.1 Å². The third kappa shape index (κ3) is 4.88. The van der Waals surface area contributed by atoms with Gasteiger partial charge < -0.3 is 11.1 Å². The van der Waals surface area contributed by atoms with Crippen molar-refractivity contribution in [3.8, 4) is 0 Å². The number of amides is 1. The van der Waals surface area contributed by atoms with Crippen molar-refractivity contribution in [3.05, 3.63) is 0 Å². The van der Waals surface area contributed by atoms with Crippen LogP contribution in [0.15, 0.2) is 0 Å². The zero-order valence-corrected chi connectivity index (χ0v) is 11.9. The lowest BCUT2D eigenvalue weighted by Gasteiger charge is -2.31. The third-order valence-corrected chi connectivity index (χ3v) is 4.91. The summed E-state index contributed by atoms with van der Waals surface area (Å²) in [5.41, 5.74) is 5.63. The number of thioether (sulfide) groups is 1. The molecule has 0 saturated heterocycles. The molecule has 17 heavy (non-hydrogen) atoms. The number of nitrogens with two attached hydrogens (primary N) is 1. The van der Waals surface area contributed by atoms with Crippen LogP contribution < -0.4 is 11.1 Å². The van der Waals surface area contributed by atoms with Gasteiger partial charge in [-0.15, -0.1) is 0 Å². The van der Waals surface area contributed by atoms with Crippen LogP contribution in [0.25, 0.3) is 0 Å². The first-order valence-corrected chi connectivity index (χ1v) is 8.02. The Kier molecular flexibility index (Phi) is 6.97. The van der Waals surface area contributed by atoms with Gasteiger partial charge in [0.1, 0.15) is 0 Å². The lowest BCUT2D eigenvalue weighted by Crippen LogP contribution is -2.44. The number of hydrogen-bond acceptors (Lipinski definition) is 3. The maximum absolute atomic E-state index is 11.9. The molecule has 1 saturated carbocycles. The molecular weight excluding hydrogens is 232 g/mol. The van der Waals surface area contributed by atoms with Crippen LogP contribution in [-0.4, -0.2) is 30.0 Å². The van der Waals surface area contributed by atoms with Crippen LogP contribution in [-0.2, 0) is 4.79 Å². The van der Waals surface area contributed by atoms with Crippen molar-refractivity contribution in [1.82, 2.24) is 5.32 Å². The number of rotatable bonds is 6. The lowest BCUT2D eigenvalue weighted by molar-refractivity contribution is -0.122. The molecule has 0 aromatic carbocycles. The SMILES string of the molecule is CCC(CN)CC(=O)NC1CCCCC1SC. The van der Waals surface area contributed by atoms with Gasteiger partial charge in [0.2, 0.25) is 5.91 Å². The van der Waals surface area contributed by atoms with Gasteiger partial charge >= 0.3 is 0 Å². The number of nitrogens with one attached hydrogen (secondary N) is 1. The van der Waals surface area contributed by atoms with Gasteiger partial charge in [-0.2, -0.15) is 11.8 Å². The van der Waals surface area contributed by atoms with Gasteiger partial charge in [-0.05, 0) is 31.6 Å². The molecule has 0 aliphatic heterocycles. The third-order valence-electron chi connectivity index (χ3n) is 3.74. The van der Waals surface area contributed by atoms with Gasteiger partial charge in [-0.25, -0.2) is 0 Å². The van der Waals surface area contributed by atoms with E-state index in [1.807, 2.05) is 11.8 Å². The van der Waals surface area contributed by atoms with Crippen LogP contribution in [0.1, 0.15) is 45.4 Å². The highest BCUT2D eigenvalue weighted by Gasteiger charge is 2.26. The van der Waals surface area contributed by atoms with E-state index in [1.54, 1.807) is 0 Å². The molecule has 3 atom stereocenters. The zero-order chi connectivity index (χ0) is 12.7. The molecule has 1 amide bonds. The lowest BCUT2D eigenvalue weighted by atomic mass is 9.94. The highest BCUT2D eigenvalue weighted by Crippen LogP contribution is 2.27. The molecule has 0 aromatic rings. The van der Waals surface area contributed by atoms with E-state index < -0.39 is 0 Å². The van der Waals surface area contributed by atoms with Gasteiger partial charge in [0, 0.05) is 17.7 Å². The summed E-state index contributed by atoms with van der Waals surface area (Å²) >= 11 is 1.89. The summed E-state index contributed by atoms with van der Waals surface area (Å²) < 4.78 is 0. The largest absolute Gasteiger partial charge is 0.352 e. The van der Waals surface area contributed by atoms with E-state index >= 15 is 0 Å². The van der Waals surface area contributed by atoms with Crippen molar-refractivity contribution in [3.63, 3.8) is 0 Å². The maximum Gasteiger partial charge on any atom is 0.220 e. The fraction of sp³-hybridized carbons (Fsp3) is 0.923. The first-order chi connectivity index (χ1) is 8.21. The van der Waals surface area contributed by atoms with Crippen LogP contribution in [0.5, 0.6) is 0 Å². The Morgan fingerprint density at radius 3 is 2.76 bits per heavy atom. The summed E-state index contributed by atoms with van der Waals surface area (Å²) in [6.45, 7) is 2.71. The predicted octanol–water partition coefficient (Wildman–Crippen LogP) is 2.15. The molecule has 3 unspecified atom stereocenters. The van der Waals surface area contributed by atoms with Gasteiger partial charge in [0.25, 0.3) is 0 Å². The molecule has 1 rings (SSSR count). The van der Waals surface area contributed by atoms with Gasteiger partial charge in [-0.3, -0.25) is 4.79 Å². The average molecular weight is 258 g/mol. The standard InChI is InChI=1S/C13H26N2OS/c1-3-10(9-14)8-13(16)15-11-6-4-5-7-12(11)17-2/h10-12H,3-9,14H2,1-2H3,(H,15,16). The van der Waals surface area contributed by atoms with E-state index in [2.05, 4.69) is 18.5 Å².